The number of benzene rings is 1. The molecule has 1 amide bonds. The Hall–Kier alpha value is -3.10. The van der Waals surface area contributed by atoms with Crippen molar-refractivity contribution in [1.29, 1.82) is 0 Å². The molecule has 3 N–H and O–H groups in total. The van der Waals surface area contributed by atoms with Gasteiger partial charge in [0.1, 0.15) is 17.9 Å². The molecule has 0 spiro atoms. The summed E-state index contributed by atoms with van der Waals surface area (Å²) in [5.41, 5.74) is 0.564. The van der Waals surface area contributed by atoms with Crippen LogP contribution in [0.2, 0.25) is 0 Å². The molecule has 2 rings (SSSR count). The zero-order valence-electron chi connectivity index (χ0n) is 16.7. The summed E-state index contributed by atoms with van der Waals surface area (Å²) >= 11 is 0. The molecule has 0 unspecified atom stereocenters. The summed E-state index contributed by atoms with van der Waals surface area (Å²) in [6.45, 7) is 7.20. The highest BCUT2D eigenvalue weighted by Gasteiger charge is 2.06. The standard InChI is InChI=1S/C19H29N7O2/c1-4-17-25-24-14-26(17)12-11-23-19(20-5-2)22-10-9-21-18(27)15-7-6-8-16(13-15)28-3/h6-8,13-14H,4-5,9-12H2,1-3H3,(H,21,27)(H2,20,22,23). The van der Waals surface area contributed by atoms with Crippen molar-refractivity contribution in [1.82, 2.24) is 30.7 Å². The van der Waals surface area contributed by atoms with Gasteiger partial charge in [0, 0.05) is 38.2 Å². The van der Waals surface area contributed by atoms with Crippen molar-refractivity contribution in [3.63, 3.8) is 0 Å². The number of amides is 1. The molecule has 1 aromatic carbocycles. The van der Waals surface area contributed by atoms with E-state index in [4.69, 9.17) is 4.74 Å². The number of aryl methyl sites for hydroxylation is 1. The summed E-state index contributed by atoms with van der Waals surface area (Å²) < 4.78 is 7.16. The molecule has 9 nitrogen and oxygen atoms in total. The van der Waals surface area contributed by atoms with Gasteiger partial charge in [0.05, 0.1) is 13.7 Å². The normalized spacial score (nSPS) is 11.2. The second-order valence-corrected chi connectivity index (χ2v) is 5.97. The highest BCUT2D eigenvalue weighted by molar-refractivity contribution is 5.94. The van der Waals surface area contributed by atoms with Crippen LogP contribution >= 0.6 is 0 Å². The van der Waals surface area contributed by atoms with Crippen molar-refractivity contribution in [2.75, 3.05) is 33.3 Å². The molecule has 2 aromatic rings. The van der Waals surface area contributed by atoms with Crippen LogP contribution in [-0.4, -0.2) is 59.9 Å². The third kappa shape index (κ3) is 6.57. The number of carbonyl (C=O) groups excluding carboxylic acids is 1. The average Bonchev–Trinajstić information content (AvgIpc) is 3.18. The van der Waals surface area contributed by atoms with Gasteiger partial charge >= 0.3 is 0 Å². The quantitative estimate of drug-likeness (QED) is 0.317. The molecule has 28 heavy (non-hydrogen) atoms. The maximum Gasteiger partial charge on any atom is 0.251 e. The van der Waals surface area contributed by atoms with Gasteiger partial charge in [-0.2, -0.15) is 0 Å². The Balaban J connectivity index is 1.77. The van der Waals surface area contributed by atoms with E-state index in [0.29, 0.717) is 36.9 Å². The largest absolute Gasteiger partial charge is 0.497 e. The number of ether oxygens (including phenoxy) is 1. The fraction of sp³-hybridized carbons (Fsp3) is 0.474. The van der Waals surface area contributed by atoms with Gasteiger partial charge in [0.2, 0.25) is 0 Å². The number of rotatable bonds is 10. The van der Waals surface area contributed by atoms with E-state index in [-0.39, 0.29) is 5.91 Å². The summed E-state index contributed by atoms with van der Waals surface area (Å²) in [5, 5.41) is 17.3. The molecule has 0 aliphatic carbocycles. The summed E-state index contributed by atoms with van der Waals surface area (Å²) in [5.74, 6) is 2.18. The van der Waals surface area contributed by atoms with Crippen LogP contribution < -0.4 is 20.7 Å². The van der Waals surface area contributed by atoms with Gasteiger partial charge < -0.3 is 25.3 Å². The molecule has 9 heteroatoms. The van der Waals surface area contributed by atoms with Crippen LogP contribution in [0.15, 0.2) is 35.6 Å². The highest BCUT2D eigenvalue weighted by Crippen LogP contribution is 2.12. The summed E-state index contributed by atoms with van der Waals surface area (Å²) in [4.78, 5) is 16.7. The third-order valence-electron chi connectivity index (χ3n) is 4.00. The molecule has 1 heterocycles. The molecule has 1 aromatic heterocycles. The predicted octanol–water partition coefficient (Wildman–Crippen LogP) is 0.834. The number of aliphatic imine (C=N–C) groups is 1. The van der Waals surface area contributed by atoms with Gasteiger partial charge in [-0.05, 0) is 25.1 Å². The van der Waals surface area contributed by atoms with Crippen molar-refractivity contribution in [2.24, 2.45) is 4.99 Å². The minimum atomic E-state index is -0.147. The number of aromatic nitrogens is 3. The van der Waals surface area contributed by atoms with Crippen molar-refractivity contribution in [3.8, 4) is 5.75 Å². The fourth-order valence-corrected chi connectivity index (χ4v) is 2.58. The first-order chi connectivity index (χ1) is 13.7. The lowest BCUT2D eigenvalue weighted by Gasteiger charge is -2.12. The molecule has 0 fully saturated rings. The number of guanidine groups is 1. The van der Waals surface area contributed by atoms with Crippen LogP contribution in [0.25, 0.3) is 0 Å². The summed E-state index contributed by atoms with van der Waals surface area (Å²) in [6.07, 6.45) is 2.58. The van der Waals surface area contributed by atoms with Gasteiger partial charge in [0.25, 0.3) is 5.91 Å². The summed E-state index contributed by atoms with van der Waals surface area (Å²) in [7, 11) is 1.58. The minimum absolute atomic E-state index is 0.147. The third-order valence-corrected chi connectivity index (χ3v) is 4.00. The lowest BCUT2D eigenvalue weighted by molar-refractivity contribution is 0.0954. The van der Waals surface area contributed by atoms with Crippen LogP contribution in [0.1, 0.15) is 30.0 Å². The maximum atomic E-state index is 12.2. The Morgan fingerprint density at radius 2 is 2.07 bits per heavy atom. The highest BCUT2D eigenvalue weighted by atomic mass is 16.5. The van der Waals surface area contributed by atoms with Crippen LogP contribution in [0.5, 0.6) is 5.75 Å². The van der Waals surface area contributed by atoms with Gasteiger partial charge in [-0.15, -0.1) is 10.2 Å². The molecule has 0 saturated carbocycles. The van der Waals surface area contributed by atoms with Crippen molar-refractivity contribution < 1.29 is 9.53 Å². The van der Waals surface area contributed by atoms with Gasteiger partial charge in [-0.3, -0.25) is 9.79 Å². The SMILES string of the molecule is CCNC(=NCCNC(=O)c1cccc(OC)c1)NCCn1cnnc1CC. The first-order valence-electron chi connectivity index (χ1n) is 9.49. The monoisotopic (exact) mass is 387 g/mol. The van der Waals surface area contributed by atoms with E-state index in [0.717, 1.165) is 25.3 Å². The Labute approximate surface area is 165 Å². The second-order valence-electron chi connectivity index (χ2n) is 5.97. The molecule has 0 saturated heterocycles. The maximum absolute atomic E-state index is 12.2. The summed E-state index contributed by atoms with van der Waals surface area (Å²) in [6, 6.07) is 7.06. The fourth-order valence-electron chi connectivity index (χ4n) is 2.58. The van der Waals surface area contributed by atoms with Crippen molar-refractivity contribution >= 4 is 11.9 Å². The van der Waals surface area contributed by atoms with E-state index >= 15 is 0 Å². The van der Waals surface area contributed by atoms with Crippen LogP contribution in [-0.2, 0) is 13.0 Å². The molecule has 0 aliphatic rings. The first-order valence-corrected chi connectivity index (χ1v) is 9.49. The number of hydrogen-bond acceptors (Lipinski definition) is 5. The first kappa shape index (κ1) is 21.2. The van der Waals surface area contributed by atoms with Crippen LogP contribution in [0.3, 0.4) is 0 Å². The zero-order valence-corrected chi connectivity index (χ0v) is 16.7. The van der Waals surface area contributed by atoms with E-state index in [1.54, 1.807) is 37.7 Å². The number of nitrogens with one attached hydrogen (secondary N) is 3. The molecular weight excluding hydrogens is 358 g/mol. The minimum Gasteiger partial charge on any atom is -0.497 e. The molecule has 0 aliphatic heterocycles. The Bertz CT molecular complexity index is 773. The number of carbonyl (C=O) groups is 1. The van der Waals surface area contributed by atoms with E-state index in [1.165, 1.54) is 0 Å². The number of methoxy groups -OCH3 is 1. The lowest BCUT2D eigenvalue weighted by atomic mass is 10.2. The molecule has 152 valence electrons. The molecule has 0 atom stereocenters. The van der Waals surface area contributed by atoms with E-state index in [2.05, 4.69) is 38.1 Å². The molecular formula is C19H29N7O2. The van der Waals surface area contributed by atoms with Crippen LogP contribution in [0, 0.1) is 0 Å². The van der Waals surface area contributed by atoms with Crippen molar-refractivity contribution in [3.05, 3.63) is 42.0 Å². The predicted molar refractivity (Wildman–Crippen MR) is 109 cm³/mol. The number of hydrogen-bond donors (Lipinski definition) is 3. The average molecular weight is 387 g/mol. The van der Waals surface area contributed by atoms with E-state index in [1.807, 2.05) is 11.5 Å². The Morgan fingerprint density at radius 1 is 1.21 bits per heavy atom. The Morgan fingerprint density at radius 3 is 2.82 bits per heavy atom. The van der Waals surface area contributed by atoms with Gasteiger partial charge in [0.15, 0.2) is 5.96 Å². The van der Waals surface area contributed by atoms with Crippen molar-refractivity contribution in [2.45, 2.75) is 26.8 Å². The zero-order chi connectivity index (χ0) is 20.2. The smallest absolute Gasteiger partial charge is 0.251 e. The Kier molecular flexibility index (Phi) is 8.77. The lowest BCUT2D eigenvalue weighted by Crippen LogP contribution is -2.39. The van der Waals surface area contributed by atoms with E-state index < -0.39 is 0 Å². The van der Waals surface area contributed by atoms with E-state index in [9.17, 15) is 4.79 Å². The van der Waals surface area contributed by atoms with Crippen LogP contribution in [0.4, 0.5) is 0 Å². The second kappa shape index (κ2) is 11.6. The van der Waals surface area contributed by atoms with Gasteiger partial charge in [-0.25, -0.2) is 0 Å². The molecule has 0 bridgehead atoms. The topological polar surface area (TPSA) is 105 Å². The number of nitrogens with zero attached hydrogens (tertiary/aromatic N) is 4. The van der Waals surface area contributed by atoms with Gasteiger partial charge in [-0.1, -0.05) is 13.0 Å². The molecule has 0 radical (unpaired) electrons.